The SMILES string of the molecule is CCCCC(CCC)S([O])(=O)=O. The van der Waals surface area contributed by atoms with Gasteiger partial charge in [0.05, 0.1) is 5.25 Å². The molecular weight excluding hydrogens is 176 g/mol. The zero-order valence-corrected chi connectivity index (χ0v) is 8.56. The summed E-state index contributed by atoms with van der Waals surface area (Å²) in [4.78, 5) is 0. The van der Waals surface area contributed by atoms with Gasteiger partial charge >= 0.3 is 0 Å². The minimum absolute atomic E-state index is 0.506. The molecule has 3 nitrogen and oxygen atoms in total. The van der Waals surface area contributed by atoms with Gasteiger partial charge < -0.3 is 0 Å². The molecule has 0 saturated carbocycles. The van der Waals surface area contributed by atoms with E-state index in [1.807, 2.05) is 13.8 Å². The first-order valence-corrected chi connectivity index (χ1v) is 5.94. The third kappa shape index (κ3) is 4.72. The van der Waals surface area contributed by atoms with Crippen LogP contribution in [0.3, 0.4) is 0 Å². The highest BCUT2D eigenvalue weighted by Gasteiger charge is 2.22. The van der Waals surface area contributed by atoms with Gasteiger partial charge in [-0.25, -0.2) is 0 Å². The fourth-order valence-corrected chi connectivity index (χ4v) is 2.17. The van der Waals surface area contributed by atoms with Crippen LogP contribution in [0.2, 0.25) is 0 Å². The van der Waals surface area contributed by atoms with Crippen LogP contribution in [0.1, 0.15) is 46.0 Å². The van der Waals surface area contributed by atoms with Gasteiger partial charge in [-0.3, -0.25) is 0 Å². The van der Waals surface area contributed by atoms with E-state index in [1.54, 1.807) is 0 Å². The van der Waals surface area contributed by atoms with Crippen molar-refractivity contribution in [1.82, 2.24) is 0 Å². The molecule has 0 bridgehead atoms. The monoisotopic (exact) mass is 193 g/mol. The molecule has 0 spiro atoms. The first kappa shape index (κ1) is 11.9. The Bertz CT molecular complexity index is 196. The largest absolute Gasteiger partial charge is 0.297 e. The van der Waals surface area contributed by atoms with Crippen LogP contribution >= 0.6 is 0 Å². The predicted molar refractivity (Wildman–Crippen MR) is 47.8 cm³/mol. The van der Waals surface area contributed by atoms with E-state index in [4.69, 9.17) is 0 Å². The van der Waals surface area contributed by atoms with Crippen molar-refractivity contribution in [3.05, 3.63) is 0 Å². The first-order valence-electron chi connectivity index (χ1n) is 4.47. The Labute approximate surface area is 74.9 Å². The van der Waals surface area contributed by atoms with Crippen LogP contribution in [-0.4, -0.2) is 13.7 Å². The van der Waals surface area contributed by atoms with Crippen LogP contribution < -0.4 is 0 Å². The first-order chi connectivity index (χ1) is 5.52. The lowest BCUT2D eigenvalue weighted by atomic mass is 10.1. The molecule has 0 aromatic rings. The summed E-state index contributed by atoms with van der Waals surface area (Å²) in [7, 11) is -4.05. The van der Waals surface area contributed by atoms with Gasteiger partial charge in [-0.2, -0.15) is 8.42 Å². The molecule has 12 heavy (non-hydrogen) atoms. The summed E-state index contributed by atoms with van der Waals surface area (Å²) in [6.07, 6.45) is 3.56. The van der Waals surface area contributed by atoms with Gasteiger partial charge in [0.25, 0.3) is 10.1 Å². The quantitative estimate of drug-likeness (QED) is 0.648. The predicted octanol–water partition coefficient (Wildman–Crippen LogP) is 2.11. The van der Waals surface area contributed by atoms with Crippen molar-refractivity contribution in [2.45, 2.75) is 51.2 Å². The molecule has 0 amide bonds. The van der Waals surface area contributed by atoms with Crippen molar-refractivity contribution in [2.75, 3.05) is 0 Å². The van der Waals surface area contributed by atoms with Crippen molar-refractivity contribution in [3.8, 4) is 0 Å². The second-order valence-electron chi connectivity index (χ2n) is 3.05. The molecule has 0 aliphatic heterocycles. The molecule has 0 heterocycles. The van der Waals surface area contributed by atoms with Crippen LogP contribution in [0.4, 0.5) is 0 Å². The Morgan fingerprint density at radius 1 is 1.08 bits per heavy atom. The minimum Gasteiger partial charge on any atom is -0.197 e. The lowest BCUT2D eigenvalue weighted by Crippen LogP contribution is -2.18. The maximum atomic E-state index is 10.7. The van der Waals surface area contributed by atoms with Gasteiger partial charge in [0.1, 0.15) is 0 Å². The van der Waals surface area contributed by atoms with Crippen molar-refractivity contribution >= 4 is 10.1 Å². The topological polar surface area (TPSA) is 54.0 Å². The van der Waals surface area contributed by atoms with E-state index in [-0.39, 0.29) is 0 Å². The summed E-state index contributed by atoms with van der Waals surface area (Å²) in [5.74, 6) is 0. The van der Waals surface area contributed by atoms with E-state index >= 15 is 0 Å². The second-order valence-corrected chi connectivity index (χ2v) is 4.70. The lowest BCUT2D eigenvalue weighted by Gasteiger charge is -2.09. The van der Waals surface area contributed by atoms with Gasteiger partial charge in [0, 0.05) is 0 Å². The van der Waals surface area contributed by atoms with Crippen LogP contribution in [0.25, 0.3) is 0 Å². The summed E-state index contributed by atoms with van der Waals surface area (Å²) in [6, 6.07) is 0. The molecule has 73 valence electrons. The summed E-state index contributed by atoms with van der Waals surface area (Å²) in [5, 5.41) is -0.651. The average molecular weight is 193 g/mol. The molecular formula is C8H17O3S. The molecule has 0 aliphatic rings. The highest BCUT2D eigenvalue weighted by atomic mass is 32.2. The molecule has 4 heteroatoms. The van der Waals surface area contributed by atoms with Crippen molar-refractivity contribution in [2.24, 2.45) is 0 Å². The van der Waals surface area contributed by atoms with Crippen LogP contribution in [0.5, 0.6) is 0 Å². The van der Waals surface area contributed by atoms with Crippen LogP contribution in [-0.2, 0) is 14.7 Å². The molecule has 0 aliphatic carbocycles. The Morgan fingerprint density at radius 3 is 2.00 bits per heavy atom. The Kier molecular flexibility index (Phi) is 5.50. The fourth-order valence-electron chi connectivity index (χ4n) is 1.19. The maximum absolute atomic E-state index is 10.7. The van der Waals surface area contributed by atoms with E-state index in [0.29, 0.717) is 12.8 Å². The van der Waals surface area contributed by atoms with Gasteiger partial charge in [0.2, 0.25) is 0 Å². The average Bonchev–Trinajstić information content (AvgIpc) is 1.95. The smallest absolute Gasteiger partial charge is 0.197 e. The van der Waals surface area contributed by atoms with Gasteiger partial charge in [-0.15, -0.1) is 0 Å². The zero-order valence-electron chi connectivity index (χ0n) is 7.75. The third-order valence-electron chi connectivity index (χ3n) is 1.90. The Morgan fingerprint density at radius 2 is 1.67 bits per heavy atom. The molecule has 1 atom stereocenters. The van der Waals surface area contributed by atoms with E-state index in [1.165, 1.54) is 0 Å². The number of hydrogen-bond donors (Lipinski definition) is 0. The van der Waals surface area contributed by atoms with Gasteiger partial charge in [-0.05, 0) is 12.8 Å². The second kappa shape index (κ2) is 5.54. The van der Waals surface area contributed by atoms with Crippen LogP contribution in [0.15, 0.2) is 0 Å². The van der Waals surface area contributed by atoms with E-state index in [2.05, 4.69) is 0 Å². The number of unbranched alkanes of at least 4 members (excludes halogenated alkanes) is 1. The van der Waals surface area contributed by atoms with Crippen molar-refractivity contribution in [1.29, 1.82) is 0 Å². The highest BCUT2D eigenvalue weighted by molar-refractivity contribution is 7.86. The fraction of sp³-hybridized carbons (Fsp3) is 1.00. The third-order valence-corrected chi connectivity index (χ3v) is 3.19. The van der Waals surface area contributed by atoms with Crippen molar-refractivity contribution < 1.29 is 13.0 Å². The molecule has 1 radical (unpaired) electrons. The summed E-state index contributed by atoms with van der Waals surface area (Å²) < 4.78 is 32.0. The molecule has 1 unspecified atom stereocenters. The maximum Gasteiger partial charge on any atom is 0.297 e. The van der Waals surface area contributed by atoms with Gasteiger partial charge in [-0.1, -0.05) is 37.7 Å². The number of hydrogen-bond acceptors (Lipinski definition) is 2. The van der Waals surface area contributed by atoms with Gasteiger partial charge in [0.15, 0.2) is 0 Å². The standard InChI is InChI=1S/C8H17O3S/c1-3-5-7-8(6-4-2)12(9,10)11/h8H,3-7H2,1-2H3. The molecule has 0 N–H and O–H groups in total. The highest BCUT2D eigenvalue weighted by Crippen LogP contribution is 2.14. The summed E-state index contributed by atoms with van der Waals surface area (Å²) >= 11 is 0. The summed E-state index contributed by atoms with van der Waals surface area (Å²) in [5.41, 5.74) is 0. The molecule has 0 aromatic carbocycles. The molecule has 0 aromatic heterocycles. The van der Waals surface area contributed by atoms with E-state index < -0.39 is 15.4 Å². The molecule has 0 saturated heterocycles. The minimum atomic E-state index is -4.05. The van der Waals surface area contributed by atoms with Crippen molar-refractivity contribution in [3.63, 3.8) is 0 Å². The zero-order chi connectivity index (χ0) is 9.61. The van der Waals surface area contributed by atoms with Crippen LogP contribution in [0, 0.1) is 0 Å². The summed E-state index contributed by atoms with van der Waals surface area (Å²) in [6.45, 7) is 3.88. The Hall–Kier alpha value is -0.0900. The molecule has 0 fully saturated rings. The lowest BCUT2D eigenvalue weighted by molar-refractivity contribution is 0.392. The van der Waals surface area contributed by atoms with E-state index in [0.717, 1.165) is 19.3 Å². The van der Waals surface area contributed by atoms with E-state index in [9.17, 15) is 13.0 Å². The number of rotatable bonds is 6. The molecule has 0 rings (SSSR count). The Balaban J connectivity index is 4.05. The normalized spacial score (nSPS) is 14.6.